The Kier molecular flexibility index (Phi) is 2.64. The highest BCUT2D eigenvalue weighted by Gasteiger charge is 2.52. The van der Waals surface area contributed by atoms with E-state index < -0.39 is 0 Å². The summed E-state index contributed by atoms with van der Waals surface area (Å²) < 4.78 is 0. The van der Waals surface area contributed by atoms with E-state index in [0.717, 1.165) is 35.0 Å². The maximum atomic E-state index is 2.62. The van der Waals surface area contributed by atoms with Gasteiger partial charge in [-0.05, 0) is 86.4 Å². The molecule has 0 unspecified atom stereocenters. The first kappa shape index (κ1) is 11.6. The molecule has 3 saturated carbocycles. The van der Waals surface area contributed by atoms with E-state index in [4.69, 9.17) is 0 Å². The van der Waals surface area contributed by atoms with Crippen LogP contribution < -0.4 is 0 Å². The SMILES string of the molecule is C[C@@]12CCC[C@H]1[C@@H]1CC[C@H]3C=CCC[C@@H]3[C@H]1CC2. The van der Waals surface area contributed by atoms with Gasteiger partial charge in [-0.1, -0.05) is 25.5 Å². The highest BCUT2D eigenvalue weighted by Crippen LogP contribution is 2.61. The molecule has 6 atom stereocenters. The molecular formula is C18H28. The fourth-order valence-electron chi connectivity index (χ4n) is 6.40. The summed E-state index contributed by atoms with van der Waals surface area (Å²) in [7, 11) is 0. The molecular weight excluding hydrogens is 216 g/mol. The normalized spacial score (nSPS) is 54.6. The summed E-state index contributed by atoms with van der Waals surface area (Å²) in [4.78, 5) is 0. The molecule has 0 radical (unpaired) electrons. The number of fused-ring (bicyclic) bond motifs is 5. The minimum absolute atomic E-state index is 0.749. The van der Waals surface area contributed by atoms with Crippen molar-refractivity contribution in [2.45, 2.75) is 64.7 Å². The van der Waals surface area contributed by atoms with Gasteiger partial charge >= 0.3 is 0 Å². The standard InChI is InChI=1S/C18H28/c1-18-11-4-7-17(18)16-9-8-13-5-2-3-6-14(13)15(16)10-12-18/h2,5,13-17H,3-4,6-12H2,1H3/t13-,14+,15-,16-,17+,18+/m1/s1. The van der Waals surface area contributed by atoms with Crippen LogP contribution >= 0.6 is 0 Å². The lowest BCUT2D eigenvalue weighted by Gasteiger charge is -2.54. The largest absolute Gasteiger partial charge is 0.0882 e. The Bertz CT molecular complexity index is 355. The lowest BCUT2D eigenvalue weighted by atomic mass is 9.51. The summed E-state index contributed by atoms with van der Waals surface area (Å²) in [6, 6.07) is 0. The molecule has 0 heteroatoms. The van der Waals surface area contributed by atoms with E-state index in [1.165, 1.54) is 32.1 Å². The predicted molar refractivity (Wildman–Crippen MR) is 76.3 cm³/mol. The second kappa shape index (κ2) is 4.12. The van der Waals surface area contributed by atoms with Crippen molar-refractivity contribution in [1.29, 1.82) is 0 Å². The van der Waals surface area contributed by atoms with Crippen LogP contribution in [0, 0.1) is 35.0 Å². The summed E-state index contributed by atoms with van der Waals surface area (Å²) in [6.07, 6.45) is 18.7. The zero-order valence-electron chi connectivity index (χ0n) is 11.9. The minimum atomic E-state index is 0.749. The smallest absolute Gasteiger partial charge is 0.0202 e. The van der Waals surface area contributed by atoms with Crippen LogP contribution in [-0.2, 0) is 0 Å². The van der Waals surface area contributed by atoms with Crippen LogP contribution in [0.2, 0.25) is 0 Å². The maximum absolute atomic E-state index is 2.62. The van der Waals surface area contributed by atoms with Crippen molar-refractivity contribution in [3.05, 3.63) is 12.2 Å². The van der Waals surface area contributed by atoms with Crippen molar-refractivity contribution in [2.24, 2.45) is 35.0 Å². The molecule has 0 nitrogen and oxygen atoms in total. The van der Waals surface area contributed by atoms with Gasteiger partial charge in [-0.3, -0.25) is 0 Å². The van der Waals surface area contributed by atoms with Crippen molar-refractivity contribution in [2.75, 3.05) is 0 Å². The summed E-state index contributed by atoms with van der Waals surface area (Å²) in [5.74, 6) is 5.34. The number of hydrogen-bond acceptors (Lipinski definition) is 0. The average molecular weight is 244 g/mol. The molecule has 100 valence electrons. The van der Waals surface area contributed by atoms with Gasteiger partial charge in [0.15, 0.2) is 0 Å². The van der Waals surface area contributed by atoms with Gasteiger partial charge in [-0.25, -0.2) is 0 Å². The minimum Gasteiger partial charge on any atom is -0.0882 e. The Morgan fingerprint density at radius 1 is 0.889 bits per heavy atom. The first-order valence-corrected chi connectivity index (χ1v) is 8.45. The summed E-state index contributed by atoms with van der Waals surface area (Å²) in [5.41, 5.74) is 0.749. The highest BCUT2D eigenvalue weighted by atomic mass is 14.6. The van der Waals surface area contributed by atoms with Gasteiger partial charge in [0.05, 0.1) is 0 Å². The quantitative estimate of drug-likeness (QED) is 0.514. The fraction of sp³-hybridized carbons (Fsp3) is 0.889. The summed E-state index contributed by atoms with van der Waals surface area (Å²) >= 11 is 0. The number of allylic oxidation sites excluding steroid dienone is 2. The van der Waals surface area contributed by atoms with Crippen molar-refractivity contribution in [3.8, 4) is 0 Å². The Morgan fingerprint density at radius 3 is 2.78 bits per heavy atom. The van der Waals surface area contributed by atoms with E-state index in [1.54, 1.807) is 25.7 Å². The molecule has 0 heterocycles. The molecule has 0 aromatic heterocycles. The summed E-state index contributed by atoms with van der Waals surface area (Å²) in [6.45, 7) is 2.62. The molecule has 0 saturated heterocycles. The molecule has 4 aliphatic rings. The van der Waals surface area contributed by atoms with Crippen molar-refractivity contribution >= 4 is 0 Å². The van der Waals surface area contributed by atoms with E-state index >= 15 is 0 Å². The number of rotatable bonds is 0. The number of hydrogen-bond donors (Lipinski definition) is 0. The van der Waals surface area contributed by atoms with Gasteiger partial charge in [0.25, 0.3) is 0 Å². The summed E-state index contributed by atoms with van der Waals surface area (Å²) in [5, 5.41) is 0. The Hall–Kier alpha value is -0.260. The van der Waals surface area contributed by atoms with E-state index in [0.29, 0.717) is 0 Å². The molecule has 3 fully saturated rings. The van der Waals surface area contributed by atoms with E-state index in [1.807, 2.05) is 0 Å². The molecule has 0 aromatic rings. The molecule has 0 aromatic carbocycles. The first-order valence-electron chi connectivity index (χ1n) is 8.45. The Labute approximate surface area is 112 Å². The fourth-order valence-corrected chi connectivity index (χ4v) is 6.40. The zero-order chi connectivity index (χ0) is 12.2. The van der Waals surface area contributed by atoms with Gasteiger partial charge in [0.1, 0.15) is 0 Å². The molecule has 0 amide bonds. The van der Waals surface area contributed by atoms with Crippen LogP contribution in [-0.4, -0.2) is 0 Å². The van der Waals surface area contributed by atoms with Gasteiger partial charge in [0, 0.05) is 0 Å². The second-order valence-corrected chi connectivity index (χ2v) is 7.93. The molecule has 0 N–H and O–H groups in total. The zero-order valence-corrected chi connectivity index (χ0v) is 11.9. The third-order valence-electron chi connectivity index (χ3n) is 7.26. The van der Waals surface area contributed by atoms with E-state index in [9.17, 15) is 0 Å². The van der Waals surface area contributed by atoms with E-state index in [-0.39, 0.29) is 0 Å². The topological polar surface area (TPSA) is 0 Å². The van der Waals surface area contributed by atoms with Crippen LogP contribution in [0.15, 0.2) is 12.2 Å². The van der Waals surface area contributed by atoms with Crippen molar-refractivity contribution in [1.82, 2.24) is 0 Å². The van der Waals surface area contributed by atoms with Crippen LogP contribution in [0.25, 0.3) is 0 Å². The monoisotopic (exact) mass is 244 g/mol. The van der Waals surface area contributed by atoms with Crippen LogP contribution in [0.4, 0.5) is 0 Å². The average Bonchev–Trinajstić information content (AvgIpc) is 2.80. The lowest BCUT2D eigenvalue weighted by molar-refractivity contribution is -0.0322. The van der Waals surface area contributed by atoms with Crippen molar-refractivity contribution < 1.29 is 0 Å². The first-order chi connectivity index (χ1) is 8.78. The van der Waals surface area contributed by atoms with Gasteiger partial charge in [0.2, 0.25) is 0 Å². The van der Waals surface area contributed by atoms with Gasteiger partial charge in [-0.15, -0.1) is 0 Å². The van der Waals surface area contributed by atoms with Crippen LogP contribution in [0.3, 0.4) is 0 Å². The van der Waals surface area contributed by atoms with Crippen LogP contribution in [0.5, 0.6) is 0 Å². The van der Waals surface area contributed by atoms with Crippen LogP contribution in [0.1, 0.15) is 64.7 Å². The molecule has 0 bridgehead atoms. The highest BCUT2D eigenvalue weighted by molar-refractivity contribution is 5.07. The van der Waals surface area contributed by atoms with Gasteiger partial charge in [-0.2, -0.15) is 0 Å². The second-order valence-electron chi connectivity index (χ2n) is 7.93. The van der Waals surface area contributed by atoms with E-state index in [2.05, 4.69) is 19.1 Å². The van der Waals surface area contributed by atoms with Crippen molar-refractivity contribution in [3.63, 3.8) is 0 Å². The Balaban J connectivity index is 1.61. The third-order valence-corrected chi connectivity index (χ3v) is 7.26. The molecule has 18 heavy (non-hydrogen) atoms. The molecule has 4 rings (SSSR count). The third kappa shape index (κ3) is 1.57. The Morgan fingerprint density at radius 2 is 1.83 bits per heavy atom. The molecule has 0 aliphatic heterocycles. The predicted octanol–water partition coefficient (Wildman–Crippen LogP) is 5.20. The lowest BCUT2D eigenvalue weighted by Crippen LogP contribution is -2.45. The maximum Gasteiger partial charge on any atom is -0.0202 e. The molecule has 4 aliphatic carbocycles. The molecule has 0 spiro atoms. The van der Waals surface area contributed by atoms with Gasteiger partial charge < -0.3 is 0 Å².